The molecule has 1 unspecified atom stereocenters. The summed E-state index contributed by atoms with van der Waals surface area (Å²) in [5.74, 6) is -1.01. The minimum atomic E-state index is -0.829. The third-order valence-electron chi connectivity index (χ3n) is 13.1. The van der Waals surface area contributed by atoms with Crippen LogP contribution in [0.25, 0.3) is 0 Å². The van der Waals surface area contributed by atoms with Crippen LogP contribution in [0.2, 0.25) is 0 Å². The zero-order valence-electron chi connectivity index (χ0n) is 52.9. The molecule has 6 nitrogen and oxygen atoms in total. The number of hydrogen-bond acceptors (Lipinski definition) is 6. The third kappa shape index (κ3) is 66.9. The molecule has 0 spiro atoms. The van der Waals surface area contributed by atoms with Crippen molar-refractivity contribution in [3.8, 4) is 0 Å². The van der Waals surface area contributed by atoms with Crippen molar-refractivity contribution in [1.29, 1.82) is 0 Å². The van der Waals surface area contributed by atoms with Crippen molar-refractivity contribution in [2.45, 2.75) is 258 Å². The molecular weight excluding hydrogens is 1020 g/mol. The van der Waals surface area contributed by atoms with E-state index in [2.05, 4.69) is 215 Å². The van der Waals surface area contributed by atoms with Gasteiger partial charge in [-0.3, -0.25) is 14.4 Å². The Kier molecular flexibility index (Phi) is 64.0. The van der Waals surface area contributed by atoms with Crippen molar-refractivity contribution in [3.63, 3.8) is 0 Å². The van der Waals surface area contributed by atoms with Crippen molar-refractivity contribution in [2.75, 3.05) is 13.2 Å². The molecule has 0 aliphatic carbocycles. The lowest BCUT2D eigenvalue weighted by atomic mass is 10.1. The van der Waals surface area contributed by atoms with Crippen LogP contribution in [-0.2, 0) is 28.6 Å². The Morgan fingerprint density at radius 1 is 0.241 bits per heavy atom. The lowest BCUT2D eigenvalue weighted by molar-refractivity contribution is -0.167. The number of rotatable bonds is 57. The molecule has 0 aliphatic rings. The van der Waals surface area contributed by atoms with Crippen LogP contribution in [0.1, 0.15) is 252 Å². The SMILES string of the molecule is CC/C=C\C/C=C\C/C=C\C/C=C\C/C=C\C/C=C\CCCCCCCCCCC(=O)OCC(COC(=O)CCC/C=C\C/C=C\C/C=C\C/C=C\C/C=C\CC)OC(=O)CCCCCCC/C=C\C/C=C\C/C=C\C/C=C\C/C=C\CC. The highest BCUT2D eigenvalue weighted by Crippen LogP contribution is 2.14. The molecule has 0 aromatic rings. The molecule has 462 valence electrons. The van der Waals surface area contributed by atoms with Crippen LogP contribution in [0.5, 0.6) is 0 Å². The second-order valence-corrected chi connectivity index (χ2v) is 20.9. The van der Waals surface area contributed by atoms with Crippen LogP contribution < -0.4 is 0 Å². The van der Waals surface area contributed by atoms with Gasteiger partial charge in [-0.05, 0) is 154 Å². The van der Waals surface area contributed by atoms with E-state index in [0.29, 0.717) is 12.8 Å². The van der Waals surface area contributed by atoms with E-state index >= 15 is 0 Å². The third-order valence-corrected chi connectivity index (χ3v) is 13.1. The van der Waals surface area contributed by atoms with E-state index in [1.165, 1.54) is 32.1 Å². The number of hydrogen-bond donors (Lipinski definition) is 0. The summed E-state index contributed by atoms with van der Waals surface area (Å²) in [5.41, 5.74) is 0. The summed E-state index contributed by atoms with van der Waals surface area (Å²) in [5, 5.41) is 0. The lowest BCUT2D eigenvalue weighted by Gasteiger charge is -2.18. The van der Waals surface area contributed by atoms with Gasteiger partial charge in [0.25, 0.3) is 0 Å². The van der Waals surface area contributed by atoms with E-state index in [1.54, 1.807) is 0 Å². The fourth-order valence-electron chi connectivity index (χ4n) is 8.27. The Bertz CT molecular complexity index is 1990. The Morgan fingerprint density at radius 3 is 0.723 bits per heavy atom. The van der Waals surface area contributed by atoms with Gasteiger partial charge in [-0.15, -0.1) is 0 Å². The minimum absolute atomic E-state index is 0.119. The van der Waals surface area contributed by atoms with Crippen LogP contribution >= 0.6 is 0 Å². The summed E-state index contributed by atoms with van der Waals surface area (Å²) >= 11 is 0. The molecule has 0 rings (SSSR count). The summed E-state index contributed by atoms with van der Waals surface area (Å²) in [7, 11) is 0. The van der Waals surface area contributed by atoms with Gasteiger partial charge in [0.1, 0.15) is 13.2 Å². The van der Waals surface area contributed by atoms with E-state index in [4.69, 9.17) is 14.2 Å². The average molecular weight is 1140 g/mol. The van der Waals surface area contributed by atoms with Gasteiger partial charge in [-0.2, -0.15) is 0 Å². The van der Waals surface area contributed by atoms with Gasteiger partial charge in [0.05, 0.1) is 0 Å². The average Bonchev–Trinajstić information content (AvgIpc) is 3.49. The first kappa shape index (κ1) is 77.2. The number of unbranched alkanes of at least 4 members (excludes halogenated alkanes) is 14. The zero-order chi connectivity index (χ0) is 59.9. The van der Waals surface area contributed by atoms with Crippen LogP contribution in [0.4, 0.5) is 0 Å². The maximum atomic E-state index is 12.9. The topological polar surface area (TPSA) is 78.9 Å². The van der Waals surface area contributed by atoms with Gasteiger partial charge in [-0.1, -0.05) is 273 Å². The van der Waals surface area contributed by atoms with E-state index < -0.39 is 6.10 Å². The quantitative estimate of drug-likeness (QED) is 0.0261. The largest absolute Gasteiger partial charge is 0.462 e. The molecule has 0 heterocycles. The smallest absolute Gasteiger partial charge is 0.306 e. The Hall–Kier alpha value is -5.75. The monoisotopic (exact) mass is 1140 g/mol. The van der Waals surface area contributed by atoms with Gasteiger partial charge in [-0.25, -0.2) is 0 Å². The molecule has 0 aromatic heterocycles. The first-order valence-corrected chi connectivity index (χ1v) is 32.9. The van der Waals surface area contributed by atoms with E-state index in [1.807, 2.05) is 0 Å². The van der Waals surface area contributed by atoms with E-state index in [-0.39, 0.29) is 44.0 Å². The molecule has 0 aliphatic heterocycles. The number of allylic oxidation sites excluding steroid dienone is 32. The molecule has 0 saturated carbocycles. The fraction of sp³-hybridized carbons (Fsp3) is 0.545. The molecule has 0 fully saturated rings. The second kappa shape index (κ2) is 68.7. The zero-order valence-corrected chi connectivity index (χ0v) is 52.9. The standard InChI is InChI=1S/C77H118O6/c1-4-7-10-13-16-19-22-25-28-31-33-35-36-37-38-39-40-42-43-46-49-52-55-58-61-64-67-70-76(79)82-73-74(72-81-75(78)69-66-63-60-57-54-51-48-45-30-27-24-21-18-15-12-9-6-3)83-77(80)71-68-65-62-59-56-53-50-47-44-41-34-32-29-26-23-20-17-14-11-8-5-2/h7-12,16-21,25-30,33-35,37-38,40-42,47-48,50-51,57,60,74H,4-6,13-15,22-24,31-32,36,39,43-46,49,52-56,58-59,61-73H2,1-3H3/b10-7-,11-8-,12-9-,19-16-,20-17-,21-18-,28-25-,29-26-,30-27-,35-33-,38-37-,41-34-,42-40-,50-47-,51-48-,60-57-. The van der Waals surface area contributed by atoms with Gasteiger partial charge in [0, 0.05) is 19.3 Å². The Balaban J connectivity index is 4.52. The number of ether oxygens (including phenoxy) is 3. The fourth-order valence-corrected chi connectivity index (χ4v) is 8.27. The molecule has 0 amide bonds. The Morgan fingerprint density at radius 2 is 0.446 bits per heavy atom. The highest BCUT2D eigenvalue weighted by molar-refractivity contribution is 5.71. The van der Waals surface area contributed by atoms with Crippen molar-refractivity contribution >= 4 is 17.9 Å². The predicted molar refractivity (Wildman–Crippen MR) is 361 cm³/mol. The minimum Gasteiger partial charge on any atom is -0.462 e. The van der Waals surface area contributed by atoms with E-state index in [9.17, 15) is 14.4 Å². The van der Waals surface area contributed by atoms with Crippen molar-refractivity contribution in [2.24, 2.45) is 0 Å². The summed E-state index contributed by atoms with van der Waals surface area (Å²) in [6.45, 7) is 6.22. The molecule has 0 bridgehead atoms. The summed E-state index contributed by atoms with van der Waals surface area (Å²) < 4.78 is 16.9. The maximum Gasteiger partial charge on any atom is 0.306 e. The molecule has 0 radical (unpaired) electrons. The van der Waals surface area contributed by atoms with E-state index in [0.717, 1.165) is 173 Å². The highest BCUT2D eigenvalue weighted by Gasteiger charge is 2.19. The second-order valence-electron chi connectivity index (χ2n) is 20.9. The van der Waals surface area contributed by atoms with Gasteiger partial charge >= 0.3 is 17.9 Å². The van der Waals surface area contributed by atoms with Crippen molar-refractivity contribution in [3.05, 3.63) is 194 Å². The van der Waals surface area contributed by atoms with Gasteiger partial charge < -0.3 is 14.2 Å². The van der Waals surface area contributed by atoms with Crippen LogP contribution in [-0.4, -0.2) is 37.2 Å². The molecule has 0 N–H and O–H groups in total. The molecule has 1 atom stereocenters. The normalized spacial score (nSPS) is 13.4. The predicted octanol–water partition coefficient (Wildman–Crippen LogP) is 23.0. The van der Waals surface area contributed by atoms with Gasteiger partial charge in [0.2, 0.25) is 0 Å². The summed E-state index contributed by atoms with van der Waals surface area (Å²) in [6.07, 6.45) is 104. The highest BCUT2D eigenvalue weighted by atomic mass is 16.6. The first-order valence-electron chi connectivity index (χ1n) is 32.9. The maximum absolute atomic E-state index is 12.9. The molecule has 6 heteroatoms. The summed E-state index contributed by atoms with van der Waals surface area (Å²) in [6, 6.07) is 0. The summed E-state index contributed by atoms with van der Waals surface area (Å²) in [4.78, 5) is 38.4. The number of esters is 3. The van der Waals surface area contributed by atoms with Gasteiger partial charge in [0.15, 0.2) is 6.10 Å². The lowest BCUT2D eigenvalue weighted by Crippen LogP contribution is -2.30. The van der Waals surface area contributed by atoms with Crippen molar-refractivity contribution < 1.29 is 28.6 Å². The Labute approximate surface area is 509 Å². The molecule has 83 heavy (non-hydrogen) atoms. The molecular formula is C77H118O6. The van der Waals surface area contributed by atoms with Crippen molar-refractivity contribution in [1.82, 2.24) is 0 Å². The van der Waals surface area contributed by atoms with Crippen LogP contribution in [0.3, 0.4) is 0 Å². The number of carbonyl (C=O) groups is 3. The van der Waals surface area contributed by atoms with Crippen LogP contribution in [0.15, 0.2) is 194 Å². The van der Waals surface area contributed by atoms with Crippen LogP contribution in [0, 0.1) is 0 Å². The number of carbonyl (C=O) groups excluding carboxylic acids is 3. The molecule has 0 saturated heterocycles. The molecule has 0 aromatic carbocycles. The first-order chi connectivity index (χ1) is 41.0.